The van der Waals surface area contributed by atoms with Gasteiger partial charge in [-0.15, -0.1) is 0 Å². The van der Waals surface area contributed by atoms with Crippen LogP contribution in [0.3, 0.4) is 0 Å². The van der Waals surface area contributed by atoms with Crippen molar-refractivity contribution in [2.45, 2.75) is 0 Å². The maximum Gasteiger partial charge on any atom is 0.319 e. The van der Waals surface area contributed by atoms with Crippen LogP contribution >= 0.6 is 0 Å². The van der Waals surface area contributed by atoms with E-state index in [4.69, 9.17) is 11.0 Å². The molecule has 0 aliphatic rings. The molecule has 0 aliphatic carbocycles. The molecule has 9 nitrogen and oxygen atoms in total. The van der Waals surface area contributed by atoms with E-state index in [1.54, 1.807) is 5.32 Å². The molecule has 20 heavy (non-hydrogen) atoms. The van der Waals surface area contributed by atoms with Crippen LogP contribution in [0, 0.1) is 21.4 Å². The van der Waals surface area contributed by atoms with Gasteiger partial charge in [0.2, 0.25) is 0 Å². The number of amides is 3. The van der Waals surface area contributed by atoms with Crippen molar-refractivity contribution in [3.05, 3.63) is 39.4 Å². The molecule has 1 rings (SSSR count). The molecule has 0 heterocycles. The Kier molecular flexibility index (Phi) is 4.37. The number of carbonyl (C=O) groups is 2. The first-order chi connectivity index (χ1) is 9.35. The van der Waals surface area contributed by atoms with Gasteiger partial charge in [0, 0.05) is 6.07 Å². The second-order valence-corrected chi connectivity index (χ2v) is 3.49. The maximum absolute atomic E-state index is 11.4. The van der Waals surface area contributed by atoms with E-state index < -0.39 is 33.9 Å². The number of primary amides is 1. The first kappa shape index (κ1) is 14.7. The SMILES string of the molecule is N#C/C(=C/c1ccc(O)c([N+](=O)[O-])c1)C(=O)NC(N)=O. The fourth-order valence-electron chi connectivity index (χ4n) is 1.27. The third kappa shape index (κ3) is 3.54. The van der Waals surface area contributed by atoms with Gasteiger partial charge in [-0.3, -0.25) is 20.2 Å². The molecule has 102 valence electrons. The Balaban J connectivity index is 3.17. The Bertz CT molecular complexity index is 659. The van der Waals surface area contributed by atoms with Crippen LogP contribution in [0.5, 0.6) is 5.75 Å². The summed E-state index contributed by atoms with van der Waals surface area (Å²) in [5, 5.41) is 30.4. The number of hydrogen-bond acceptors (Lipinski definition) is 6. The highest BCUT2D eigenvalue weighted by Crippen LogP contribution is 2.27. The van der Waals surface area contributed by atoms with Crippen LogP contribution in [0.25, 0.3) is 6.08 Å². The van der Waals surface area contributed by atoms with Crippen molar-refractivity contribution >= 4 is 23.7 Å². The third-order valence-electron chi connectivity index (χ3n) is 2.11. The number of hydrogen-bond donors (Lipinski definition) is 3. The Morgan fingerprint density at radius 3 is 2.65 bits per heavy atom. The molecule has 0 aromatic heterocycles. The minimum atomic E-state index is -1.13. The largest absolute Gasteiger partial charge is 0.502 e. The van der Waals surface area contributed by atoms with E-state index in [-0.39, 0.29) is 5.56 Å². The number of phenols is 1. The number of nitrogens with two attached hydrogens (primary N) is 1. The molecule has 9 heteroatoms. The molecule has 4 N–H and O–H groups in total. The number of nitro benzene ring substituents is 1. The normalized spacial score (nSPS) is 10.4. The molecule has 0 radical (unpaired) electrons. The van der Waals surface area contributed by atoms with Crippen molar-refractivity contribution in [2.24, 2.45) is 5.73 Å². The number of urea groups is 1. The van der Waals surface area contributed by atoms with Gasteiger partial charge < -0.3 is 10.8 Å². The molecule has 3 amide bonds. The first-order valence-electron chi connectivity index (χ1n) is 5.05. The summed E-state index contributed by atoms with van der Waals surface area (Å²) >= 11 is 0. The van der Waals surface area contributed by atoms with Gasteiger partial charge in [0.05, 0.1) is 4.92 Å². The smallest absolute Gasteiger partial charge is 0.319 e. The van der Waals surface area contributed by atoms with Crippen molar-refractivity contribution < 1.29 is 19.6 Å². The number of imide groups is 1. The number of carbonyl (C=O) groups excluding carboxylic acids is 2. The zero-order valence-corrected chi connectivity index (χ0v) is 9.86. The highest BCUT2D eigenvalue weighted by Gasteiger charge is 2.15. The number of nitrogens with zero attached hydrogens (tertiary/aromatic N) is 2. The molecule has 0 fully saturated rings. The number of phenolic OH excluding ortho intramolecular Hbond substituents is 1. The van der Waals surface area contributed by atoms with Gasteiger partial charge in [-0.1, -0.05) is 6.07 Å². The number of benzene rings is 1. The predicted octanol–water partition coefficient (Wildman–Crippen LogP) is 0.402. The molecule has 0 unspecified atom stereocenters. The summed E-state index contributed by atoms with van der Waals surface area (Å²) < 4.78 is 0. The summed E-state index contributed by atoms with van der Waals surface area (Å²) in [5.74, 6) is -1.58. The van der Waals surface area contributed by atoms with E-state index in [1.807, 2.05) is 0 Å². The second-order valence-electron chi connectivity index (χ2n) is 3.49. The highest BCUT2D eigenvalue weighted by atomic mass is 16.6. The summed E-state index contributed by atoms with van der Waals surface area (Å²) in [6.07, 6.45) is 1.02. The van der Waals surface area contributed by atoms with Crippen molar-refractivity contribution in [1.29, 1.82) is 5.26 Å². The molecule has 0 spiro atoms. The fraction of sp³-hybridized carbons (Fsp3) is 0. The van der Waals surface area contributed by atoms with Crippen LogP contribution in [0.2, 0.25) is 0 Å². The van der Waals surface area contributed by atoms with E-state index in [9.17, 15) is 24.8 Å². The van der Waals surface area contributed by atoms with E-state index in [2.05, 4.69) is 0 Å². The van der Waals surface area contributed by atoms with Crippen molar-refractivity contribution in [2.75, 3.05) is 0 Å². The lowest BCUT2D eigenvalue weighted by molar-refractivity contribution is -0.385. The minimum absolute atomic E-state index is 0.130. The number of rotatable bonds is 3. The van der Waals surface area contributed by atoms with Crippen LogP contribution in [-0.4, -0.2) is 22.0 Å². The Morgan fingerprint density at radius 2 is 2.15 bits per heavy atom. The van der Waals surface area contributed by atoms with E-state index in [0.717, 1.165) is 18.2 Å². The zero-order chi connectivity index (χ0) is 15.3. The lowest BCUT2D eigenvalue weighted by Crippen LogP contribution is -2.35. The standard InChI is InChI=1S/C11H8N4O5/c12-5-7(10(17)14-11(13)18)3-6-1-2-9(16)8(4-6)15(19)20/h1-4,16H,(H3,13,14,17,18)/b7-3-. The topological polar surface area (TPSA) is 159 Å². The van der Waals surface area contributed by atoms with Gasteiger partial charge in [-0.2, -0.15) is 5.26 Å². The molecule has 0 atom stereocenters. The van der Waals surface area contributed by atoms with Crippen molar-refractivity contribution in [3.8, 4) is 11.8 Å². The quantitative estimate of drug-likeness (QED) is 0.313. The van der Waals surface area contributed by atoms with Gasteiger partial charge in [-0.05, 0) is 17.7 Å². The van der Waals surface area contributed by atoms with Gasteiger partial charge in [0.25, 0.3) is 5.91 Å². The van der Waals surface area contributed by atoms with Crippen LogP contribution in [0.15, 0.2) is 23.8 Å². The lowest BCUT2D eigenvalue weighted by atomic mass is 10.1. The van der Waals surface area contributed by atoms with E-state index in [1.165, 1.54) is 12.1 Å². The van der Waals surface area contributed by atoms with Crippen molar-refractivity contribution in [3.63, 3.8) is 0 Å². The van der Waals surface area contributed by atoms with Gasteiger partial charge >= 0.3 is 11.7 Å². The van der Waals surface area contributed by atoms with E-state index in [0.29, 0.717) is 0 Å². The van der Waals surface area contributed by atoms with Gasteiger partial charge in [-0.25, -0.2) is 4.79 Å². The fourth-order valence-corrected chi connectivity index (χ4v) is 1.27. The summed E-state index contributed by atoms with van der Waals surface area (Å²) in [6, 6.07) is 3.68. The van der Waals surface area contributed by atoms with Crippen LogP contribution < -0.4 is 11.1 Å². The summed E-state index contributed by atoms with van der Waals surface area (Å²) in [5.41, 5.74) is 3.82. The Hall–Kier alpha value is -3.41. The molecular formula is C11H8N4O5. The number of nitro groups is 1. The van der Waals surface area contributed by atoms with Crippen molar-refractivity contribution in [1.82, 2.24) is 5.32 Å². The molecular weight excluding hydrogens is 268 g/mol. The number of nitrogens with one attached hydrogen (secondary N) is 1. The lowest BCUT2D eigenvalue weighted by Gasteiger charge is -2.00. The van der Waals surface area contributed by atoms with E-state index >= 15 is 0 Å². The third-order valence-corrected chi connectivity index (χ3v) is 2.11. The summed E-state index contributed by atoms with van der Waals surface area (Å²) in [7, 11) is 0. The average molecular weight is 276 g/mol. The monoisotopic (exact) mass is 276 g/mol. The second kappa shape index (κ2) is 5.96. The molecule has 0 saturated heterocycles. The van der Waals surface area contributed by atoms with Crippen LogP contribution in [0.1, 0.15) is 5.56 Å². The Labute approximate surface area is 112 Å². The van der Waals surface area contributed by atoms with Gasteiger partial charge in [0.15, 0.2) is 5.75 Å². The van der Waals surface area contributed by atoms with Crippen LogP contribution in [-0.2, 0) is 4.79 Å². The number of aromatic hydroxyl groups is 1. The predicted molar refractivity (Wildman–Crippen MR) is 66.1 cm³/mol. The summed E-state index contributed by atoms with van der Waals surface area (Å²) in [4.78, 5) is 31.7. The molecule has 1 aromatic rings. The molecule has 1 aromatic carbocycles. The average Bonchev–Trinajstić information content (AvgIpc) is 2.36. The molecule has 0 saturated carbocycles. The number of nitriles is 1. The molecule has 0 aliphatic heterocycles. The first-order valence-corrected chi connectivity index (χ1v) is 5.05. The maximum atomic E-state index is 11.4. The minimum Gasteiger partial charge on any atom is -0.502 e. The zero-order valence-electron chi connectivity index (χ0n) is 9.86. The summed E-state index contributed by atoms with van der Waals surface area (Å²) in [6.45, 7) is 0. The van der Waals surface area contributed by atoms with Crippen LogP contribution in [0.4, 0.5) is 10.5 Å². The Morgan fingerprint density at radius 1 is 1.50 bits per heavy atom. The molecule has 0 bridgehead atoms. The van der Waals surface area contributed by atoms with Gasteiger partial charge in [0.1, 0.15) is 11.6 Å². The highest BCUT2D eigenvalue weighted by molar-refractivity contribution is 6.08.